The fourth-order valence-corrected chi connectivity index (χ4v) is 2.10. The third kappa shape index (κ3) is 2.73. The maximum atomic E-state index is 11.7. The molecule has 100 valence electrons. The topological polar surface area (TPSA) is 86.7 Å². The highest BCUT2D eigenvalue weighted by Gasteiger charge is 2.33. The fourth-order valence-electron chi connectivity index (χ4n) is 2.10. The number of urea groups is 1. The van der Waals surface area contributed by atoms with E-state index < -0.39 is 12.0 Å². The quantitative estimate of drug-likeness (QED) is 0.800. The van der Waals surface area contributed by atoms with E-state index in [1.54, 1.807) is 24.3 Å². The first-order valence-corrected chi connectivity index (χ1v) is 5.89. The lowest BCUT2D eigenvalue weighted by Crippen LogP contribution is -2.35. The Morgan fingerprint density at radius 1 is 1.37 bits per heavy atom. The van der Waals surface area contributed by atoms with Crippen LogP contribution in [0.25, 0.3) is 0 Å². The smallest absolute Gasteiger partial charge is 0.322 e. The van der Waals surface area contributed by atoms with Crippen molar-refractivity contribution in [2.45, 2.75) is 19.4 Å². The molecule has 2 rings (SSSR count). The van der Waals surface area contributed by atoms with Gasteiger partial charge in [-0.15, -0.1) is 0 Å². The van der Waals surface area contributed by atoms with Gasteiger partial charge in [0.1, 0.15) is 0 Å². The molecule has 0 saturated carbocycles. The molecule has 1 fully saturated rings. The molecule has 1 aromatic rings. The van der Waals surface area contributed by atoms with Crippen LogP contribution in [0.15, 0.2) is 24.3 Å². The first-order valence-electron chi connectivity index (χ1n) is 5.89. The van der Waals surface area contributed by atoms with Crippen LogP contribution in [0.4, 0.5) is 10.5 Å². The van der Waals surface area contributed by atoms with Gasteiger partial charge in [0.25, 0.3) is 0 Å². The number of amides is 2. The van der Waals surface area contributed by atoms with Crippen LogP contribution < -0.4 is 10.2 Å². The van der Waals surface area contributed by atoms with E-state index in [9.17, 15) is 14.4 Å². The molecule has 1 aliphatic heterocycles. The lowest BCUT2D eigenvalue weighted by Gasteiger charge is -2.21. The molecule has 1 heterocycles. The maximum absolute atomic E-state index is 11.7. The lowest BCUT2D eigenvalue weighted by molar-refractivity contribution is -0.137. The highest BCUT2D eigenvalue weighted by molar-refractivity contribution is 5.97. The Bertz CT molecular complexity index is 524. The minimum Gasteiger partial charge on any atom is -0.481 e. The summed E-state index contributed by atoms with van der Waals surface area (Å²) in [6.45, 7) is 1.77. The zero-order valence-corrected chi connectivity index (χ0v) is 10.4. The van der Waals surface area contributed by atoms with Crippen molar-refractivity contribution >= 4 is 23.5 Å². The summed E-state index contributed by atoms with van der Waals surface area (Å²) in [5, 5.41) is 11.4. The second-order valence-corrected chi connectivity index (χ2v) is 4.41. The zero-order valence-electron chi connectivity index (χ0n) is 10.4. The Morgan fingerprint density at radius 3 is 2.53 bits per heavy atom. The third-order valence-corrected chi connectivity index (χ3v) is 3.04. The maximum Gasteiger partial charge on any atom is 0.322 e. The van der Waals surface area contributed by atoms with E-state index in [1.165, 1.54) is 11.8 Å². The molecule has 1 unspecified atom stereocenters. The molecule has 0 radical (unpaired) electrons. The molecule has 0 aliphatic carbocycles. The fraction of sp³-hybridized carbons (Fsp3) is 0.308. The zero-order chi connectivity index (χ0) is 14.0. The summed E-state index contributed by atoms with van der Waals surface area (Å²) in [5.41, 5.74) is 1.14. The predicted molar refractivity (Wildman–Crippen MR) is 68.4 cm³/mol. The number of aliphatic carboxylic acids is 1. The van der Waals surface area contributed by atoms with Crippen LogP contribution in [0.3, 0.4) is 0 Å². The first-order chi connectivity index (χ1) is 8.99. The normalized spacial score (nSPS) is 18.3. The van der Waals surface area contributed by atoms with Crippen molar-refractivity contribution in [3.05, 3.63) is 29.8 Å². The highest BCUT2D eigenvalue weighted by atomic mass is 16.4. The van der Waals surface area contributed by atoms with Gasteiger partial charge >= 0.3 is 12.0 Å². The van der Waals surface area contributed by atoms with Gasteiger partial charge in [0.2, 0.25) is 0 Å². The Labute approximate surface area is 110 Å². The number of carboxylic acids is 1. The van der Waals surface area contributed by atoms with Crippen LogP contribution >= 0.6 is 0 Å². The van der Waals surface area contributed by atoms with E-state index >= 15 is 0 Å². The van der Waals surface area contributed by atoms with E-state index in [0.717, 1.165) is 0 Å². The second kappa shape index (κ2) is 5.09. The summed E-state index contributed by atoms with van der Waals surface area (Å²) >= 11 is 0. The SMILES string of the molecule is CC(=O)c1ccc(N2C(=O)NCC2CC(=O)O)cc1. The molecule has 0 bridgehead atoms. The van der Waals surface area contributed by atoms with Crippen LogP contribution in [0.5, 0.6) is 0 Å². The van der Waals surface area contributed by atoms with Gasteiger partial charge in [-0.1, -0.05) is 0 Å². The first kappa shape index (κ1) is 13.1. The number of nitrogens with one attached hydrogen (secondary N) is 1. The largest absolute Gasteiger partial charge is 0.481 e. The van der Waals surface area contributed by atoms with E-state index in [1.807, 2.05) is 0 Å². The van der Waals surface area contributed by atoms with Crippen LogP contribution in [0.2, 0.25) is 0 Å². The molecule has 1 atom stereocenters. The van der Waals surface area contributed by atoms with Gasteiger partial charge in [0, 0.05) is 17.8 Å². The van der Waals surface area contributed by atoms with E-state index in [4.69, 9.17) is 5.11 Å². The minimum absolute atomic E-state index is 0.0560. The summed E-state index contributed by atoms with van der Waals surface area (Å²) < 4.78 is 0. The molecular formula is C13H14N2O4. The highest BCUT2D eigenvalue weighted by Crippen LogP contribution is 2.22. The third-order valence-electron chi connectivity index (χ3n) is 3.04. The van der Waals surface area contributed by atoms with Crippen molar-refractivity contribution in [1.29, 1.82) is 0 Å². The van der Waals surface area contributed by atoms with Gasteiger partial charge < -0.3 is 10.4 Å². The summed E-state index contributed by atoms with van der Waals surface area (Å²) in [5.74, 6) is -1.01. The molecule has 6 heteroatoms. The number of Topliss-reactive ketones (excluding diaryl/α,β-unsaturated/α-hetero) is 1. The number of carbonyl (C=O) groups excluding carboxylic acids is 2. The van der Waals surface area contributed by atoms with Crippen LogP contribution in [0.1, 0.15) is 23.7 Å². The molecule has 6 nitrogen and oxygen atoms in total. The summed E-state index contributed by atoms with van der Waals surface area (Å²) in [7, 11) is 0. The number of anilines is 1. The van der Waals surface area contributed by atoms with Crippen LogP contribution in [-0.4, -0.2) is 35.5 Å². The molecule has 2 amide bonds. The molecule has 1 aromatic carbocycles. The van der Waals surface area contributed by atoms with E-state index in [-0.39, 0.29) is 18.2 Å². The summed E-state index contributed by atoms with van der Waals surface area (Å²) in [4.78, 5) is 35.1. The minimum atomic E-state index is -0.952. The predicted octanol–water partition coefficient (Wildman–Crippen LogP) is 1.26. The number of benzene rings is 1. The van der Waals surface area contributed by atoms with E-state index in [0.29, 0.717) is 17.8 Å². The van der Waals surface area contributed by atoms with Gasteiger partial charge in [-0.2, -0.15) is 0 Å². The molecular weight excluding hydrogens is 248 g/mol. The van der Waals surface area contributed by atoms with Crippen molar-refractivity contribution < 1.29 is 19.5 Å². The van der Waals surface area contributed by atoms with Crippen molar-refractivity contribution in [2.75, 3.05) is 11.4 Å². The van der Waals surface area contributed by atoms with Gasteiger partial charge in [0.05, 0.1) is 12.5 Å². The lowest BCUT2D eigenvalue weighted by atomic mass is 10.1. The second-order valence-electron chi connectivity index (χ2n) is 4.41. The number of rotatable bonds is 4. The summed E-state index contributed by atoms with van der Waals surface area (Å²) in [6, 6.07) is 5.82. The van der Waals surface area contributed by atoms with E-state index in [2.05, 4.69) is 5.32 Å². The molecule has 19 heavy (non-hydrogen) atoms. The monoisotopic (exact) mass is 262 g/mol. The Morgan fingerprint density at radius 2 is 2.00 bits per heavy atom. The van der Waals surface area contributed by atoms with Crippen molar-refractivity contribution in [2.24, 2.45) is 0 Å². The average molecular weight is 262 g/mol. The number of ketones is 1. The Kier molecular flexibility index (Phi) is 3.50. The molecule has 1 saturated heterocycles. The van der Waals surface area contributed by atoms with Crippen LogP contribution in [-0.2, 0) is 4.79 Å². The molecule has 2 N–H and O–H groups in total. The molecule has 1 aliphatic rings. The van der Waals surface area contributed by atoms with Crippen LogP contribution in [0, 0.1) is 0 Å². The number of nitrogens with zero attached hydrogens (tertiary/aromatic N) is 1. The standard InChI is InChI=1S/C13H14N2O4/c1-8(16)9-2-4-10(5-3-9)15-11(6-12(17)18)7-14-13(15)19/h2-5,11H,6-7H2,1H3,(H,14,19)(H,17,18). The van der Waals surface area contributed by atoms with Crippen molar-refractivity contribution in [3.8, 4) is 0 Å². The molecule has 0 spiro atoms. The van der Waals surface area contributed by atoms with Gasteiger partial charge in [-0.05, 0) is 31.2 Å². The number of carbonyl (C=O) groups is 3. The van der Waals surface area contributed by atoms with Crippen molar-refractivity contribution in [1.82, 2.24) is 5.32 Å². The van der Waals surface area contributed by atoms with Gasteiger partial charge in [-0.3, -0.25) is 14.5 Å². The number of carboxylic acid groups (broad SMARTS) is 1. The van der Waals surface area contributed by atoms with Gasteiger partial charge in [0.15, 0.2) is 5.78 Å². The Balaban J connectivity index is 2.24. The average Bonchev–Trinajstić information content (AvgIpc) is 2.70. The number of hydrogen-bond acceptors (Lipinski definition) is 3. The molecule has 0 aromatic heterocycles. The number of hydrogen-bond donors (Lipinski definition) is 2. The van der Waals surface area contributed by atoms with Crippen molar-refractivity contribution in [3.63, 3.8) is 0 Å². The summed E-state index contributed by atoms with van der Waals surface area (Å²) in [6.07, 6.45) is -0.118. The Hall–Kier alpha value is -2.37. The van der Waals surface area contributed by atoms with Gasteiger partial charge in [-0.25, -0.2) is 4.79 Å².